The van der Waals surface area contributed by atoms with Gasteiger partial charge < -0.3 is 9.26 Å². The van der Waals surface area contributed by atoms with Gasteiger partial charge in [0.15, 0.2) is 0 Å². The fraction of sp³-hybridized carbons (Fsp3) is 0.533. The molecule has 0 fully saturated rings. The summed E-state index contributed by atoms with van der Waals surface area (Å²) < 4.78 is 23.7. The monoisotopic (exact) mass is 313 g/mol. The lowest BCUT2D eigenvalue weighted by Gasteiger charge is -2.26. The van der Waals surface area contributed by atoms with Gasteiger partial charge in [-0.2, -0.15) is 0 Å². The third kappa shape index (κ3) is 5.52. The number of carbonyl (C=O) groups is 1. The molecule has 0 heterocycles. The summed E-state index contributed by atoms with van der Waals surface area (Å²) in [7, 11) is -3.22. The Balaban J connectivity index is 2.81. The molecule has 21 heavy (non-hydrogen) atoms. The Morgan fingerprint density at radius 3 is 2.14 bits per heavy atom. The van der Waals surface area contributed by atoms with Gasteiger partial charge in [-0.3, -0.25) is 9.36 Å². The molecule has 0 aliphatic rings. The summed E-state index contributed by atoms with van der Waals surface area (Å²) in [5.41, 5.74) is -0.271. The Morgan fingerprint density at radius 1 is 1.10 bits per heavy atom. The molecule has 5 nitrogen and oxygen atoms in total. The van der Waals surface area contributed by atoms with E-state index in [0.717, 1.165) is 0 Å². The molecule has 0 aliphatic carbocycles. The Morgan fingerprint density at radius 2 is 1.67 bits per heavy atom. The predicted octanol–water partition coefficient (Wildman–Crippen LogP) is 3.60. The minimum atomic E-state index is -3.22. The van der Waals surface area contributed by atoms with E-state index in [-0.39, 0.29) is 11.8 Å². The normalized spacial score (nSPS) is 15.6. The van der Waals surface area contributed by atoms with Crippen LogP contribution in [0.3, 0.4) is 0 Å². The molecule has 0 radical (unpaired) electrons. The third-order valence-electron chi connectivity index (χ3n) is 2.74. The van der Waals surface area contributed by atoms with Crippen LogP contribution in [-0.2, 0) is 14.1 Å². The zero-order chi connectivity index (χ0) is 16.0. The van der Waals surface area contributed by atoms with Gasteiger partial charge in [0.05, 0.1) is 11.8 Å². The van der Waals surface area contributed by atoms with Gasteiger partial charge in [0.25, 0.3) is 0 Å². The molecule has 1 N–H and O–H groups in total. The average molecular weight is 313 g/mol. The third-order valence-corrected chi connectivity index (χ3v) is 5.33. The van der Waals surface area contributed by atoms with Gasteiger partial charge in [-0.05, 0) is 32.9 Å². The van der Waals surface area contributed by atoms with Gasteiger partial charge in [0.2, 0.25) is 0 Å². The van der Waals surface area contributed by atoms with Crippen LogP contribution >= 0.6 is 7.52 Å². The van der Waals surface area contributed by atoms with Crippen molar-refractivity contribution in [3.63, 3.8) is 0 Å². The molecule has 118 valence electrons. The van der Waals surface area contributed by atoms with Gasteiger partial charge in [-0.25, -0.2) is 5.09 Å². The van der Waals surface area contributed by atoms with Crippen LogP contribution in [0.1, 0.15) is 34.6 Å². The van der Waals surface area contributed by atoms with Crippen LogP contribution in [0.5, 0.6) is 5.75 Å². The van der Waals surface area contributed by atoms with E-state index < -0.39 is 19.5 Å². The number of nitrogens with one attached hydrogen (secondary N) is 1. The van der Waals surface area contributed by atoms with Crippen LogP contribution in [0, 0.1) is 0 Å². The van der Waals surface area contributed by atoms with E-state index >= 15 is 0 Å². The summed E-state index contributed by atoms with van der Waals surface area (Å²) in [5.74, 6) is 0.0639. The highest BCUT2D eigenvalue weighted by molar-refractivity contribution is 7.58. The maximum Gasteiger partial charge on any atom is 0.323 e. The molecule has 0 saturated heterocycles. The summed E-state index contributed by atoms with van der Waals surface area (Å²) in [4.78, 5) is 11.8. The highest BCUT2D eigenvalue weighted by atomic mass is 31.2. The number of hydrogen-bond acceptors (Lipinski definition) is 4. The predicted molar refractivity (Wildman–Crippen MR) is 83.6 cm³/mol. The first-order valence-electron chi connectivity index (χ1n) is 7.07. The van der Waals surface area contributed by atoms with Gasteiger partial charge in [0.1, 0.15) is 11.8 Å². The summed E-state index contributed by atoms with van der Waals surface area (Å²) in [5, 5.41) is 2.81. The van der Waals surface area contributed by atoms with Crippen molar-refractivity contribution >= 4 is 13.5 Å². The molecule has 0 spiro atoms. The largest absolute Gasteiger partial charge is 0.462 e. The van der Waals surface area contributed by atoms with E-state index in [1.54, 1.807) is 58.9 Å². The van der Waals surface area contributed by atoms with E-state index in [0.29, 0.717) is 5.75 Å². The first kappa shape index (κ1) is 17.7. The van der Waals surface area contributed by atoms with E-state index in [2.05, 4.69) is 5.09 Å². The summed E-state index contributed by atoms with van der Waals surface area (Å²) in [6.07, 6.45) is -0.213. The minimum absolute atomic E-state index is 0.213. The number of rotatable bonds is 7. The summed E-state index contributed by atoms with van der Waals surface area (Å²) >= 11 is 0. The summed E-state index contributed by atoms with van der Waals surface area (Å²) in [6, 6.07) is 8.21. The molecule has 0 saturated carbocycles. The first-order chi connectivity index (χ1) is 9.74. The fourth-order valence-corrected chi connectivity index (χ4v) is 3.22. The number of ether oxygens (including phenoxy) is 1. The zero-order valence-corrected chi connectivity index (χ0v) is 14.1. The van der Waals surface area contributed by atoms with Crippen LogP contribution in [0.2, 0.25) is 0 Å². The van der Waals surface area contributed by atoms with Crippen molar-refractivity contribution in [1.29, 1.82) is 0 Å². The molecule has 0 aromatic heterocycles. The van der Waals surface area contributed by atoms with Gasteiger partial charge in [0, 0.05) is 0 Å². The van der Waals surface area contributed by atoms with E-state index in [1.807, 2.05) is 6.07 Å². The van der Waals surface area contributed by atoms with Crippen molar-refractivity contribution in [2.75, 3.05) is 0 Å². The molecular weight excluding hydrogens is 289 g/mol. The lowest BCUT2D eigenvalue weighted by molar-refractivity contribution is -0.149. The first-order valence-corrected chi connectivity index (χ1v) is 8.76. The van der Waals surface area contributed by atoms with Gasteiger partial charge in [-0.1, -0.05) is 32.0 Å². The molecule has 1 rings (SSSR count). The van der Waals surface area contributed by atoms with Crippen LogP contribution in [0.15, 0.2) is 30.3 Å². The molecule has 1 unspecified atom stereocenters. The standard InChI is InChI=1S/C15H24NO4P/c1-11(2)19-15(17)13(5)16-21(18,12(3)4)20-14-9-7-6-8-10-14/h6-13H,1-5H3,(H,16,18)/t13-,21?/m0/s1. The number of carbonyl (C=O) groups excluding carboxylic acids is 1. The van der Waals surface area contributed by atoms with Crippen molar-refractivity contribution in [3.05, 3.63) is 30.3 Å². The summed E-state index contributed by atoms with van der Waals surface area (Å²) in [6.45, 7) is 8.74. The second kappa shape index (κ2) is 7.62. The maximum absolute atomic E-state index is 12.9. The van der Waals surface area contributed by atoms with Crippen molar-refractivity contribution in [2.24, 2.45) is 0 Å². The zero-order valence-electron chi connectivity index (χ0n) is 13.2. The lowest BCUT2D eigenvalue weighted by Crippen LogP contribution is -2.37. The van der Waals surface area contributed by atoms with Crippen LogP contribution in [0.4, 0.5) is 0 Å². The Kier molecular flexibility index (Phi) is 6.43. The Labute approximate surface area is 126 Å². The van der Waals surface area contributed by atoms with Crippen LogP contribution < -0.4 is 9.61 Å². The SMILES string of the molecule is CC(C)OC(=O)[C@H](C)NP(=O)(Oc1ccccc1)C(C)C. The Bertz CT molecular complexity index is 502. The number of hydrogen-bond donors (Lipinski definition) is 1. The highest BCUT2D eigenvalue weighted by Crippen LogP contribution is 2.48. The molecule has 0 bridgehead atoms. The molecular formula is C15H24NO4P. The van der Waals surface area contributed by atoms with Crippen molar-refractivity contribution in [3.8, 4) is 5.75 Å². The van der Waals surface area contributed by atoms with E-state index in [1.165, 1.54) is 0 Å². The van der Waals surface area contributed by atoms with E-state index in [9.17, 15) is 9.36 Å². The lowest BCUT2D eigenvalue weighted by atomic mass is 10.3. The van der Waals surface area contributed by atoms with Crippen LogP contribution in [-0.4, -0.2) is 23.8 Å². The molecule has 6 heteroatoms. The smallest absolute Gasteiger partial charge is 0.323 e. The molecule has 0 aliphatic heterocycles. The van der Waals surface area contributed by atoms with Crippen molar-refractivity contribution in [2.45, 2.75) is 52.4 Å². The number of benzene rings is 1. The maximum atomic E-state index is 12.9. The van der Waals surface area contributed by atoms with Crippen molar-refractivity contribution in [1.82, 2.24) is 5.09 Å². The molecule has 1 aromatic carbocycles. The minimum Gasteiger partial charge on any atom is -0.462 e. The molecule has 2 atom stereocenters. The average Bonchev–Trinajstić information content (AvgIpc) is 2.38. The molecule has 1 aromatic rings. The van der Waals surface area contributed by atoms with Gasteiger partial charge in [-0.15, -0.1) is 0 Å². The Hall–Kier alpha value is -1.32. The van der Waals surface area contributed by atoms with E-state index in [4.69, 9.17) is 9.26 Å². The molecule has 0 amide bonds. The quantitative estimate of drug-likeness (QED) is 0.615. The fourth-order valence-electron chi connectivity index (χ4n) is 1.58. The second-order valence-electron chi connectivity index (χ2n) is 5.43. The topological polar surface area (TPSA) is 64.6 Å². The van der Waals surface area contributed by atoms with Crippen LogP contribution in [0.25, 0.3) is 0 Å². The van der Waals surface area contributed by atoms with Crippen molar-refractivity contribution < 1.29 is 18.6 Å². The number of esters is 1. The number of para-hydroxylation sites is 1. The van der Waals surface area contributed by atoms with Gasteiger partial charge >= 0.3 is 13.5 Å². The second-order valence-corrected chi connectivity index (χ2v) is 8.10. The highest BCUT2D eigenvalue weighted by Gasteiger charge is 2.33.